The van der Waals surface area contributed by atoms with Gasteiger partial charge in [-0.3, -0.25) is 14.2 Å². The van der Waals surface area contributed by atoms with Gasteiger partial charge in [-0.25, -0.2) is 0 Å². The van der Waals surface area contributed by atoms with E-state index < -0.39 is 32.5 Å². The van der Waals surface area contributed by atoms with Crippen LogP contribution in [0.1, 0.15) is 245 Å². The molecule has 72 heavy (non-hydrogen) atoms. The summed E-state index contributed by atoms with van der Waals surface area (Å²) in [6.45, 7) is 4.10. The van der Waals surface area contributed by atoms with E-state index >= 15 is 0 Å². The van der Waals surface area contributed by atoms with Crippen LogP contribution >= 0.6 is 7.82 Å². The number of allylic oxidation sites excluding steroid dienone is 14. The van der Waals surface area contributed by atoms with Crippen LogP contribution in [0, 0.1) is 0 Å². The van der Waals surface area contributed by atoms with Crippen molar-refractivity contribution in [3.63, 3.8) is 0 Å². The minimum Gasteiger partial charge on any atom is -0.756 e. The summed E-state index contributed by atoms with van der Waals surface area (Å²) in [7, 11) is 1.14. The van der Waals surface area contributed by atoms with Crippen molar-refractivity contribution in [1.29, 1.82) is 0 Å². The zero-order valence-electron chi connectivity index (χ0n) is 47.1. The molecular weight excluding hydrogens is 918 g/mol. The maximum absolute atomic E-state index is 12.8. The summed E-state index contributed by atoms with van der Waals surface area (Å²) < 4.78 is 34.1. The number of nitrogens with zero attached hydrogens (tertiary/aromatic N) is 1. The Morgan fingerprint density at radius 3 is 1.19 bits per heavy atom. The molecule has 0 fully saturated rings. The van der Waals surface area contributed by atoms with E-state index in [9.17, 15) is 19.0 Å². The Morgan fingerprint density at radius 2 is 0.792 bits per heavy atom. The molecule has 0 amide bonds. The van der Waals surface area contributed by atoms with E-state index in [1.165, 1.54) is 128 Å². The maximum Gasteiger partial charge on any atom is 0.306 e. The largest absolute Gasteiger partial charge is 0.756 e. The number of quaternary nitrogens is 1. The second kappa shape index (κ2) is 53.0. The van der Waals surface area contributed by atoms with Crippen molar-refractivity contribution >= 4 is 19.8 Å². The Kier molecular flexibility index (Phi) is 51.0. The Balaban J connectivity index is 4.22. The summed E-state index contributed by atoms with van der Waals surface area (Å²) in [6.07, 6.45) is 70.6. The van der Waals surface area contributed by atoms with E-state index in [2.05, 4.69) is 98.9 Å². The molecule has 0 rings (SSSR count). The quantitative estimate of drug-likeness (QED) is 0.0195. The van der Waals surface area contributed by atoms with Crippen molar-refractivity contribution in [3.05, 3.63) is 85.1 Å². The Labute approximate surface area is 443 Å². The fraction of sp³-hybridized carbons (Fsp3) is 0.742. The third kappa shape index (κ3) is 56.5. The molecule has 2 unspecified atom stereocenters. The molecule has 0 aliphatic rings. The number of likely N-dealkylation sites (N-methyl/N-ethyl adjacent to an activating group) is 1. The highest BCUT2D eigenvalue weighted by molar-refractivity contribution is 7.45. The molecule has 0 saturated carbocycles. The molecule has 416 valence electrons. The third-order valence-corrected chi connectivity index (χ3v) is 13.4. The summed E-state index contributed by atoms with van der Waals surface area (Å²) in [5.41, 5.74) is 0. The van der Waals surface area contributed by atoms with E-state index in [0.717, 1.165) is 83.5 Å². The highest BCUT2D eigenvalue weighted by Gasteiger charge is 2.21. The fourth-order valence-corrected chi connectivity index (χ4v) is 8.62. The van der Waals surface area contributed by atoms with Crippen LogP contribution in [-0.4, -0.2) is 70.0 Å². The van der Waals surface area contributed by atoms with Gasteiger partial charge in [0.15, 0.2) is 6.10 Å². The lowest BCUT2D eigenvalue weighted by Gasteiger charge is -2.28. The molecule has 0 saturated heterocycles. The minimum absolute atomic E-state index is 0.0398. The first kappa shape index (κ1) is 69.2. The highest BCUT2D eigenvalue weighted by atomic mass is 31.2. The van der Waals surface area contributed by atoms with E-state index in [1.54, 1.807) is 0 Å². The molecule has 2 atom stereocenters. The zero-order valence-corrected chi connectivity index (χ0v) is 48.0. The van der Waals surface area contributed by atoms with Gasteiger partial charge in [-0.05, 0) is 89.9 Å². The van der Waals surface area contributed by atoms with Gasteiger partial charge in [-0.2, -0.15) is 0 Å². The number of esters is 2. The molecule has 0 aliphatic heterocycles. The van der Waals surface area contributed by atoms with Gasteiger partial charge in [0.05, 0.1) is 27.7 Å². The average molecular weight is 1030 g/mol. The second-order valence-corrected chi connectivity index (χ2v) is 22.0. The fourth-order valence-electron chi connectivity index (χ4n) is 7.89. The molecule has 0 radical (unpaired) electrons. The van der Waals surface area contributed by atoms with Crippen LogP contribution in [-0.2, 0) is 32.7 Å². The number of unbranched alkanes of at least 4 members (excludes halogenated alkanes) is 25. The zero-order chi connectivity index (χ0) is 52.7. The van der Waals surface area contributed by atoms with Crippen LogP contribution in [0.15, 0.2) is 85.1 Å². The number of hydrogen-bond donors (Lipinski definition) is 0. The Hall–Kier alpha value is -2.81. The highest BCUT2D eigenvalue weighted by Crippen LogP contribution is 2.38. The SMILES string of the molecule is CC/C=C\C/C=C\C/C=C\C/C=C\C/C=C\C/C=C\CCCCCCC(=O)OC(COC(=O)CCCCCCCCCCCCCCC/C=C\CCCCCCCCCC)COP(=O)([O-])OCC[N+](C)(C)C. The van der Waals surface area contributed by atoms with Crippen molar-refractivity contribution in [2.75, 3.05) is 47.5 Å². The van der Waals surface area contributed by atoms with Gasteiger partial charge in [0.2, 0.25) is 0 Å². The first-order valence-corrected chi connectivity index (χ1v) is 30.8. The van der Waals surface area contributed by atoms with Gasteiger partial charge in [-0.1, -0.05) is 227 Å². The van der Waals surface area contributed by atoms with Crippen molar-refractivity contribution in [2.24, 2.45) is 0 Å². The predicted molar refractivity (Wildman–Crippen MR) is 305 cm³/mol. The Bertz CT molecular complexity index is 1490. The summed E-state index contributed by atoms with van der Waals surface area (Å²) in [6, 6.07) is 0. The number of phosphoric ester groups is 1. The van der Waals surface area contributed by atoms with E-state index in [1.807, 2.05) is 21.1 Å². The van der Waals surface area contributed by atoms with Crippen molar-refractivity contribution < 1.29 is 42.1 Å². The van der Waals surface area contributed by atoms with Gasteiger partial charge < -0.3 is 27.9 Å². The van der Waals surface area contributed by atoms with Gasteiger partial charge in [0.25, 0.3) is 7.82 Å². The van der Waals surface area contributed by atoms with Crippen molar-refractivity contribution in [3.8, 4) is 0 Å². The van der Waals surface area contributed by atoms with Gasteiger partial charge in [0, 0.05) is 12.8 Å². The molecular formula is C62H110NO8P. The van der Waals surface area contributed by atoms with Crippen molar-refractivity contribution in [1.82, 2.24) is 0 Å². The van der Waals surface area contributed by atoms with E-state index in [4.69, 9.17) is 18.5 Å². The second-order valence-electron chi connectivity index (χ2n) is 20.6. The number of carbonyl (C=O) groups is 2. The average Bonchev–Trinajstić information content (AvgIpc) is 3.34. The number of rotatable bonds is 53. The first-order chi connectivity index (χ1) is 35.0. The van der Waals surface area contributed by atoms with Crippen molar-refractivity contribution in [2.45, 2.75) is 251 Å². The van der Waals surface area contributed by atoms with Crippen LogP contribution in [0.3, 0.4) is 0 Å². The molecule has 0 aliphatic carbocycles. The topological polar surface area (TPSA) is 111 Å². The van der Waals surface area contributed by atoms with Crippen LogP contribution in [0.4, 0.5) is 0 Å². The van der Waals surface area contributed by atoms with Crippen LogP contribution in [0.2, 0.25) is 0 Å². The van der Waals surface area contributed by atoms with Crippen LogP contribution in [0.5, 0.6) is 0 Å². The first-order valence-electron chi connectivity index (χ1n) is 29.3. The molecule has 0 aromatic rings. The van der Waals surface area contributed by atoms with Gasteiger partial charge >= 0.3 is 11.9 Å². The van der Waals surface area contributed by atoms with E-state index in [-0.39, 0.29) is 26.1 Å². The van der Waals surface area contributed by atoms with E-state index in [0.29, 0.717) is 17.4 Å². The molecule has 10 heteroatoms. The predicted octanol–water partition coefficient (Wildman–Crippen LogP) is 17.6. The molecule has 0 bridgehead atoms. The lowest BCUT2D eigenvalue weighted by Crippen LogP contribution is -2.37. The summed E-state index contributed by atoms with van der Waals surface area (Å²) in [4.78, 5) is 37.9. The monoisotopic (exact) mass is 1030 g/mol. The number of ether oxygens (including phenoxy) is 2. The smallest absolute Gasteiger partial charge is 0.306 e. The summed E-state index contributed by atoms with van der Waals surface area (Å²) in [5, 5.41) is 0. The molecule has 0 aromatic heterocycles. The number of hydrogen-bond acceptors (Lipinski definition) is 8. The lowest BCUT2D eigenvalue weighted by molar-refractivity contribution is -0.870. The Morgan fingerprint density at radius 1 is 0.444 bits per heavy atom. The van der Waals surface area contributed by atoms with Gasteiger partial charge in [-0.15, -0.1) is 0 Å². The normalized spacial score (nSPS) is 13.9. The molecule has 9 nitrogen and oxygen atoms in total. The maximum atomic E-state index is 12.8. The molecule has 0 aromatic carbocycles. The number of phosphoric acid groups is 1. The summed E-state index contributed by atoms with van der Waals surface area (Å²) in [5.74, 6) is -0.862. The standard InChI is InChI=1S/C62H110NO8P/c1-6-8-10-12-14-16-18-20-22-24-26-28-30-31-33-34-36-38-40-42-44-46-48-50-52-54-61(64)68-58-60(59-70-72(66,67)69-57-56-63(3,4)5)71-62(65)55-53-51-49-47-45-43-41-39-37-35-32-29-27-25-23-21-19-17-15-13-11-9-7-2/h9,11,15,17,21,23-24,26-27,29,35,37,41,43,60H,6-8,10,12-14,16,18-20,22,25,28,30-34,36,38-40,42,44-59H2,1-5H3/b11-9-,17-15-,23-21-,26-24-,29-27-,37-35-,43-41-. The minimum atomic E-state index is -4.65. The number of carbonyl (C=O) groups excluding carboxylic acids is 2. The van der Waals surface area contributed by atoms with Crippen LogP contribution in [0.25, 0.3) is 0 Å². The summed E-state index contributed by atoms with van der Waals surface area (Å²) >= 11 is 0. The molecule has 0 spiro atoms. The van der Waals surface area contributed by atoms with Crippen LogP contribution < -0.4 is 4.89 Å². The molecule has 0 N–H and O–H groups in total. The molecule has 0 heterocycles. The lowest BCUT2D eigenvalue weighted by atomic mass is 10.0. The van der Waals surface area contributed by atoms with Gasteiger partial charge in [0.1, 0.15) is 19.8 Å². The third-order valence-electron chi connectivity index (χ3n) is 12.4.